The van der Waals surface area contributed by atoms with E-state index >= 15 is 0 Å². The molecule has 3 heteroatoms. The lowest BCUT2D eigenvalue weighted by Crippen LogP contribution is -1.98. The van der Waals surface area contributed by atoms with Gasteiger partial charge in [0.05, 0.1) is 5.71 Å². The summed E-state index contributed by atoms with van der Waals surface area (Å²) < 4.78 is 0. The van der Waals surface area contributed by atoms with E-state index in [9.17, 15) is 0 Å². The van der Waals surface area contributed by atoms with Gasteiger partial charge in [0.1, 0.15) is 0 Å². The zero-order valence-corrected chi connectivity index (χ0v) is 6.32. The number of nitrogens with zero attached hydrogens (tertiary/aromatic N) is 1. The molecule has 0 aliphatic rings. The molecule has 0 fully saturated rings. The van der Waals surface area contributed by atoms with Crippen LogP contribution in [0.1, 0.15) is 12.5 Å². The fourth-order valence-electron chi connectivity index (χ4n) is 0.811. The van der Waals surface area contributed by atoms with Crippen molar-refractivity contribution in [3.8, 4) is 0 Å². The minimum Gasteiger partial charge on any atom is -0.302 e. The summed E-state index contributed by atoms with van der Waals surface area (Å²) in [5.74, 6) is 4.78. The smallest absolute Gasteiger partial charge is 0.0863 e. The van der Waals surface area contributed by atoms with Gasteiger partial charge < -0.3 is 4.94 Å². The predicted octanol–water partition coefficient (Wildman–Crippen LogP) is 1.30. The monoisotopic (exact) mass is 150 g/mol. The molecule has 0 aromatic heterocycles. The van der Waals surface area contributed by atoms with Crippen LogP contribution in [0.2, 0.25) is 0 Å². The molecule has 0 aliphatic carbocycles. The van der Waals surface area contributed by atoms with Crippen molar-refractivity contribution in [3.63, 3.8) is 0 Å². The van der Waals surface area contributed by atoms with Crippen LogP contribution in [0.3, 0.4) is 0 Å². The molecule has 0 atom stereocenters. The van der Waals surface area contributed by atoms with Gasteiger partial charge in [-0.2, -0.15) is 0 Å². The van der Waals surface area contributed by atoms with Gasteiger partial charge >= 0.3 is 0 Å². The van der Waals surface area contributed by atoms with Gasteiger partial charge in [-0.1, -0.05) is 35.5 Å². The van der Waals surface area contributed by atoms with Crippen molar-refractivity contribution in [2.75, 3.05) is 0 Å². The Hall–Kier alpha value is -1.35. The molecule has 0 heterocycles. The van der Waals surface area contributed by atoms with Gasteiger partial charge in [0.25, 0.3) is 0 Å². The second-order valence-electron chi connectivity index (χ2n) is 2.15. The van der Waals surface area contributed by atoms with E-state index in [4.69, 9.17) is 5.90 Å². The zero-order valence-electron chi connectivity index (χ0n) is 6.32. The number of hydrogen-bond acceptors (Lipinski definition) is 3. The van der Waals surface area contributed by atoms with E-state index < -0.39 is 0 Å². The Morgan fingerprint density at radius 2 is 2.00 bits per heavy atom. The van der Waals surface area contributed by atoms with Gasteiger partial charge in [-0.05, 0) is 12.5 Å². The first-order chi connectivity index (χ1) is 5.34. The lowest BCUT2D eigenvalue weighted by Gasteiger charge is -1.96. The van der Waals surface area contributed by atoms with Gasteiger partial charge in [-0.25, -0.2) is 0 Å². The van der Waals surface area contributed by atoms with E-state index in [1.165, 1.54) is 0 Å². The molecule has 0 spiro atoms. The summed E-state index contributed by atoms with van der Waals surface area (Å²) in [5, 5.41) is 3.59. The second-order valence-corrected chi connectivity index (χ2v) is 2.15. The van der Waals surface area contributed by atoms with Crippen LogP contribution >= 0.6 is 0 Å². The molecule has 11 heavy (non-hydrogen) atoms. The highest BCUT2D eigenvalue weighted by atomic mass is 16.7. The normalized spacial score (nSPS) is 11.3. The maximum absolute atomic E-state index is 4.78. The van der Waals surface area contributed by atoms with Crippen molar-refractivity contribution in [3.05, 3.63) is 35.9 Å². The average molecular weight is 150 g/mol. The molecular weight excluding hydrogens is 140 g/mol. The van der Waals surface area contributed by atoms with Gasteiger partial charge in [0.15, 0.2) is 0 Å². The highest BCUT2D eigenvalue weighted by Gasteiger charge is 1.93. The first kappa shape index (κ1) is 7.75. The Morgan fingerprint density at radius 1 is 1.36 bits per heavy atom. The Labute approximate surface area is 65.4 Å². The maximum atomic E-state index is 4.78. The summed E-state index contributed by atoms with van der Waals surface area (Å²) >= 11 is 0. The molecule has 0 radical (unpaired) electrons. The number of benzene rings is 1. The van der Waals surface area contributed by atoms with Crippen molar-refractivity contribution < 1.29 is 4.94 Å². The Kier molecular flexibility index (Phi) is 2.63. The van der Waals surface area contributed by atoms with Crippen LogP contribution in [-0.2, 0) is 4.94 Å². The van der Waals surface area contributed by atoms with Crippen LogP contribution in [0.4, 0.5) is 0 Å². The van der Waals surface area contributed by atoms with Crippen LogP contribution in [0.5, 0.6) is 0 Å². The van der Waals surface area contributed by atoms with Crippen molar-refractivity contribution in [1.29, 1.82) is 0 Å². The highest BCUT2D eigenvalue weighted by Crippen LogP contribution is 1.99. The van der Waals surface area contributed by atoms with Crippen molar-refractivity contribution in [2.45, 2.75) is 6.92 Å². The molecule has 0 amide bonds. The summed E-state index contributed by atoms with van der Waals surface area (Å²) in [7, 11) is 0. The molecule has 1 aromatic rings. The fraction of sp³-hybridized carbons (Fsp3) is 0.125. The molecule has 1 aromatic carbocycles. The first-order valence-electron chi connectivity index (χ1n) is 3.30. The van der Waals surface area contributed by atoms with E-state index in [2.05, 4.69) is 10.1 Å². The van der Waals surface area contributed by atoms with E-state index in [1.807, 2.05) is 37.3 Å². The third-order valence-corrected chi connectivity index (χ3v) is 1.38. The molecule has 0 saturated carbocycles. The number of nitrogens with two attached hydrogens (primary N) is 1. The van der Waals surface area contributed by atoms with Crippen LogP contribution in [0.25, 0.3) is 0 Å². The van der Waals surface area contributed by atoms with Crippen molar-refractivity contribution in [2.24, 2.45) is 11.1 Å². The molecule has 0 unspecified atom stereocenters. The number of oxime groups is 1. The van der Waals surface area contributed by atoms with Crippen LogP contribution in [0.15, 0.2) is 35.5 Å². The van der Waals surface area contributed by atoms with E-state index in [1.54, 1.807) is 0 Å². The minimum atomic E-state index is 0.771. The Balaban J connectivity index is 2.85. The van der Waals surface area contributed by atoms with Crippen molar-refractivity contribution in [1.82, 2.24) is 0 Å². The lowest BCUT2D eigenvalue weighted by molar-refractivity contribution is 0.149. The van der Waals surface area contributed by atoms with E-state index in [-0.39, 0.29) is 0 Å². The SMILES string of the molecule is CC(=NON)c1ccccc1. The molecule has 2 N–H and O–H groups in total. The third-order valence-electron chi connectivity index (χ3n) is 1.38. The standard InChI is InChI=1S/C8H10N2O/c1-7(10-11-9)8-5-3-2-4-6-8/h2-6H,9H2,1H3. The Bertz CT molecular complexity index is 244. The van der Waals surface area contributed by atoms with Gasteiger partial charge in [-0.3, -0.25) is 0 Å². The summed E-state index contributed by atoms with van der Waals surface area (Å²) in [6.07, 6.45) is 0. The maximum Gasteiger partial charge on any atom is 0.0863 e. The molecule has 58 valence electrons. The quantitative estimate of drug-likeness (QED) is 0.510. The second kappa shape index (κ2) is 3.73. The summed E-state index contributed by atoms with van der Waals surface area (Å²) in [5.41, 5.74) is 1.78. The molecule has 0 saturated heterocycles. The Morgan fingerprint density at radius 3 is 2.55 bits per heavy atom. The predicted molar refractivity (Wildman–Crippen MR) is 43.9 cm³/mol. The topological polar surface area (TPSA) is 47.6 Å². The van der Waals surface area contributed by atoms with Crippen LogP contribution in [0, 0.1) is 0 Å². The molecule has 3 nitrogen and oxygen atoms in total. The van der Waals surface area contributed by atoms with Crippen LogP contribution < -0.4 is 5.90 Å². The molecule has 1 rings (SSSR count). The van der Waals surface area contributed by atoms with Crippen molar-refractivity contribution >= 4 is 5.71 Å². The molecule has 0 bridgehead atoms. The molecule has 0 aliphatic heterocycles. The third kappa shape index (κ3) is 2.05. The zero-order chi connectivity index (χ0) is 8.10. The first-order valence-corrected chi connectivity index (χ1v) is 3.30. The fourth-order valence-corrected chi connectivity index (χ4v) is 0.811. The highest BCUT2D eigenvalue weighted by molar-refractivity contribution is 5.98. The molecular formula is C8H10N2O. The van der Waals surface area contributed by atoms with Gasteiger partial charge in [0.2, 0.25) is 0 Å². The minimum absolute atomic E-state index is 0.771. The number of hydrogen-bond donors (Lipinski definition) is 1. The lowest BCUT2D eigenvalue weighted by atomic mass is 10.1. The van der Waals surface area contributed by atoms with E-state index in [0.29, 0.717) is 0 Å². The summed E-state index contributed by atoms with van der Waals surface area (Å²) in [6.45, 7) is 1.84. The average Bonchev–Trinajstić information content (AvgIpc) is 2.07. The van der Waals surface area contributed by atoms with Gasteiger partial charge in [-0.15, -0.1) is 5.90 Å². The summed E-state index contributed by atoms with van der Waals surface area (Å²) in [6, 6.07) is 9.70. The van der Waals surface area contributed by atoms with E-state index in [0.717, 1.165) is 11.3 Å². The largest absolute Gasteiger partial charge is 0.302 e. The summed E-state index contributed by atoms with van der Waals surface area (Å²) in [4.78, 5) is 4.15. The van der Waals surface area contributed by atoms with Crippen LogP contribution in [-0.4, -0.2) is 5.71 Å². The number of rotatable bonds is 2. The van der Waals surface area contributed by atoms with Gasteiger partial charge in [0, 0.05) is 0 Å².